The van der Waals surface area contributed by atoms with Crippen molar-refractivity contribution in [1.29, 1.82) is 0 Å². The van der Waals surface area contributed by atoms with E-state index in [1.54, 1.807) is 50.3 Å². The Morgan fingerprint density at radius 3 is 0.667 bits per heavy atom. The van der Waals surface area contributed by atoms with Crippen LogP contribution in [0.3, 0.4) is 0 Å². The van der Waals surface area contributed by atoms with Gasteiger partial charge in [0.05, 0.1) is 24.6 Å². The second kappa shape index (κ2) is 29.1. The SMILES string of the molecule is CCCCCCCC[P+](CCCCCCC)(CCCCCCCC)CCCCCCCC.[Br-]. The third kappa shape index (κ3) is 24.4. The van der Waals surface area contributed by atoms with Crippen molar-refractivity contribution >= 4 is 7.26 Å². The van der Waals surface area contributed by atoms with Crippen molar-refractivity contribution < 1.29 is 17.0 Å². The summed E-state index contributed by atoms with van der Waals surface area (Å²) >= 11 is 0. The summed E-state index contributed by atoms with van der Waals surface area (Å²) in [6.45, 7) is 9.38. The Morgan fingerprint density at radius 2 is 0.455 bits per heavy atom. The molecule has 0 rings (SSSR count). The van der Waals surface area contributed by atoms with Gasteiger partial charge in [-0.25, -0.2) is 0 Å². The lowest BCUT2D eigenvalue weighted by Gasteiger charge is -2.28. The lowest BCUT2D eigenvalue weighted by atomic mass is 10.1. The van der Waals surface area contributed by atoms with Gasteiger partial charge in [-0.05, 0) is 51.4 Å². The lowest BCUT2D eigenvalue weighted by Crippen LogP contribution is -3.00. The average Bonchev–Trinajstić information content (AvgIpc) is 2.80. The molecular formula is C31H66BrP. The second-order valence-corrected chi connectivity index (χ2v) is 15.4. The Balaban J connectivity index is 0. The molecule has 0 bridgehead atoms. The van der Waals surface area contributed by atoms with Crippen LogP contribution in [0.5, 0.6) is 0 Å². The van der Waals surface area contributed by atoms with Crippen molar-refractivity contribution in [3.63, 3.8) is 0 Å². The van der Waals surface area contributed by atoms with E-state index in [1.807, 2.05) is 0 Å². The summed E-state index contributed by atoms with van der Waals surface area (Å²) in [4.78, 5) is 0. The Hall–Kier alpha value is 0.910. The Bertz CT molecular complexity index is 303. The van der Waals surface area contributed by atoms with Crippen LogP contribution in [0.25, 0.3) is 0 Å². The quantitative estimate of drug-likeness (QED) is 0.0708. The number of hydrogen-bond acceptors (Lipinski definition) is 0. The molecule has 0 N–H and O–H groups in total. The Labute approximate surface area is 223 Å². The molecule has 0 saturated heterocycles. The molecule has 0 unspecified atom stereocenters. The van der Waals surface area contributed by atoms with E-state index in [-0.39, 0.29) is 17.0 Å². The van der Waals surface area contributed by atoms with Crippen LogP contribution in [0, 0.1) is 0 Å². The minimum atomic E-state index is -0.712. The van der Waals surface area contributed by atoms with Crippen molar-refractivity contribution in [2.45, 2.75) is 175 Å². The van der Waals surface area contributed by atoms with E-state index in [0.29, 0.717) is 0 Å². The zero-order valence-corrected chi connectivity index (χ0v) is 26.4. The predicted octanol–water partition coefficient (Wildman–Crippen LogP) is 9.06. The minimum Gasteiger partial charge on any atom is -1.00 e. The first kappa shape index (κ1) is 36.1. The van der Waals surface area contributed by atoms with Crippen LogP contribution in [0.15, 0.2) is 0 Å². The number of rotatable bonds is 27. The van der Waals surface area contributed by atoms with E-state index in [1.165, 1.54) is 122 Å². The van der Waals surface area contributed by atoms with E-state index >= 15 is 0 Å². The summed E-state index contributed by atoms with van der Waals surface area (Å²) in [5.74, 6) is 0. The summed E-state index contributed by atoms with van der Waals surface area (Å²) < 4.78 is 0. The van der Waals surface area contributed by atoms with E-state index in [9.17, 15) is 0 Å². The molecule has 0 aromatic carbocycles. The normalized spacial score (nSPS) is 11.6. The van der Waals surface area contributed by atoms with Crippen molar-refractivity contribution in [3.05, 3.63) is 0 Å². The van der Waals surface area contributed by atoms with Gasteiger partial charge in [0.2, 0.25) is 0 Å². The highest BCUT2D eigenvalue weighted by Gasteiger charge is 2.34. The number of hydrogen-bond donors (Lipinski definition) is 0. The number of halogens is 1. The fourth-order valence-electron chi connectivity index (χ4n) is 5.40. The van der Waals surface area contributed by atoms with Gasteiger partial charge in [-0.2, -0.15) is 0 Å². The molecule has 0 aliphatic rings. The Kier molecular flexibility index (Phi) is 31.9. The molecule has 0 aliphatic heterocycles. The van der Waals surface area contributed by atoms with Crippen molar-refractivity contribution in [2.24, 2.45) is 0 Å². The summed E-state index contributed by atoms with van der Waals surface area (Å²) in [6.07, 6.45) is 40.6. The molecule has 0 amide bonds. The lowest BCUT2D eigenvalue weighted by molar-refractivity contribution is -0.00000733. The van der Waals surface area contributed by atoms with Crippen LogP contribution in [-0.4, -0.2) is 24.6 Å². The fraction of sp³-hybridized carbons (Fsp3) is 1.00. The molecule has 0 spiro atoms. The van der Waals surface area contributed by atoms with Crippen molar-refractivity contribution in [2.75, 3.05) is 24.6 Å². The van der Waals surface area contributed by atoms with Crippen LogP contribution in [0.1, 0.15) is 175 Å². The van der Waals surface area contributed by atoms with E-state index < -0.39 is 7.26 Å². The zero-order chi connectivity index (χ0) is 23.6. The maximum Gasteiger partial charge on any atom is 0.0594 e. The topological polar surface area (TPSA) is 0 Å². The molecule has 0 aromatic heterocycles. The van der Waals surface area contributed by atoms with Gasteiger partial charge in [-0.15, -0.1) is 0 Å². The molecule has 202 valence electrons. The van der Waals surface area contributed by atoms with E-state index in [4.69, 9.17) is 0 Å². The van der Waals surface area contributed by atoms with Gasteiger partial charge in [-0.3, -0.25) is 0 Å². The van der Waals surface area contributed by atoms with Gasteiger partial charge in [0.15, 0.2) is 0 Å². The van der Waals surface area contributed by atoms with E-state index in [2.05, 4.69) is 27.7 Å². The monoisotopic (exact) mass is 548 g/mol. The first-order chi connectivity index (χ1) is 15.7. The van der Waals surface area contributed by atoms with Crippen LogP contribution < -0.4 is 17.0 Å². The standard InChI is InChI=1S/C31H66P.BrH/c1-5-9-13-17-21-25-29-32(28-24-20-16-12-8-4,30-26-22-18-14-10-6-2)31-27-23-19-15-11-7-3;/h5-31H2,1-4H3;1H/q+1;/p-1. The van der Waals surface area contributed by atoms with Gasteiger partial charge < -0.3 is 17.0 Å². The minimum absolute atomic E-state index is 0. The maximum atomic E-state index is 2.35. The van der Waals surface area contributed by atoms with Gasteiger partial charge in [0.25, 0.3) is 0 Å². The Morgan fingerprint density at radius 1 is 0.273 bits per heavy atom. The fourth-order valence-corrected chi connectivity index (χ4v) is 10.3. The van der Waals surface area contributed by atoms with Crippen molar-refractivity contribution in [1.82, 2.24) is 0 Å². The van der Waals surface area contributed by atoms with Crippen LogP contribution in [0.2, 0.25) is 0 Å². The summed E-state index contributed by atoms with van der Waals surface area (Å²) in [6, 6.07) is 0. The molecule has 0 radical (unpaired) electrons. The smallest absolute Gasteiger partial charge is 0.0594 e. The molecule has 0 heterocycles. The van der Waals surface area contributed by atoms with Crippen LogP contribution >= 0.6 is 7.26 Å². The second-order valence-electron chi connectivity index (χ2n) is 11.0. The third-order valence-electron chi connectivity index (χ3n) is 7.69. The molecule has 0 atom stereocenters. The summed E-state index contributed by atoms with van der Waals surface area (Å²) in [5.41, 5.74) is 0. The average molecular weight is 550 g/mol. The maximum absolute atomic E-state index is 2.35. The first-order valence-corrected chi connectivity index (χ1v) is 18.1. The molecule has 0 fully saturated rings. The van der Waals surface area contributed by atoms with Gasteiger partial charge in [0.1, 0.15) is 0 Å². The van der Waals surface area contributed by atoms with Gasteiger partial charge in [-0.1, -0.05) is 124 Å². The molecule has 0 aromatic rings. The van der Waals surface area contributed by atoms with Gasteiger partial charge >= 0.3 is 0 Å². The van der Waals surface area contributed by atoms with Crippen molar-refractivity contribution in [3.8, 4) is 0 Å². The highest BCUT2D eigenvalue weighted by Crippen LogP contribution is 2.61. The summed E-state index contributed by atoms with van der Waals surface area (Å²) in [7, 11) is -0.712. The van der Waals surface area contributed by atoms with Gasteiger partial charge in [0, 0.05) is 7.26 Å². The molecule has 33 heavy (non-hydrogen) atoms. The predicted molar refractivity (Wildman–Crippen MR) is 155 cm³/mol. The van der Waals surface area contributed by atoms with Crippen LogP contribution in [-0.2, 0) is 0 Å². The molecule has 0 aliphatic carbocycles. The van der Waals surface area contributed by atoms with Crippen LogP contribution in [0.4, 0.5) is 0 Å². The van der Waals surface area contributed by atoms with E-state index in [0.717, 1.165) is 0 Å². The highest BCUT2D eigenvalue weighted by molar-refractivity contribution is 7.75. The molecule has 0 saturated carbocycles. The zero-order valence-electron chi connectivity index (χ0n) is 23.9. The summed E-state index contributed by atoms with van der Waals surface area (Å²) in [5, 5.41) is 0. The first-order valence-electron chi connectivity index (χ1n) is 15.6. The molecule has 2 heteroatoms. The highest BCUT2D eigenvalue weighted by atomic mass is 79.9. The largest absolute Gasteiger partial charge is 1.00 e. The number of unbranched alkanes of at least 4 members (excludes halogenated alkanes) is 19. The third-order valence-corrected chi connectivity index (χ3v) is 12.8. The molecule has 0 nitrogen and oxygen atoms in total. The molecular weight excluding hydrogens is 483 g/mol.